The Morgan fingerprint density at radius 3 is 2.37 bits per heavy atom. The van der Waals surface area contributed by atoms with Crippen LogP contribution < -0.4 is 4.90 Å². The van der Waals surface area contributed by atoms with Crippen molar-refractivity contribution in [1.82, 2.24) is 4.98 Å². The van der Waals surface area contributed by atoms with Crippen molar-refractivity contribution in [3.8, 4) is 5.75 Å². The van der Waals surface area contributed by atoms with Crippen LogP contribution in [0, 0.1) is 0 Å². The molecule has 0 aliphatic carbocycles. The Bertz CT molecular complexity index is 1190. The number of ketones is 1. The third-order valence-corrected chi connectivity index (χ3v) is 5.49. The molecule has 1 aliphatic rings. The highest BCUT2D eigenvalue weighted by molar-refractivity contribution is 6.52. The van der Waals surface area contributed by atoms with E-state index in [0.29, 0.717) is 5.69 Å². The van der Waals surface area contributed by atoms with Crippen molar-refractivity contribution < 1.29 is 19.8 Å². The highest BCUT2D eigenvalue weighted by Gasteiger charge is 2.48. The molecule has 1 aliphatic heterocycles. The monoisotopic (exact) mass is 440 g/mol. The van der Waals surface area contributed by atoms with Gasteiger partial charge in [0.2, 0.25) is 0 Å². The minimum Gasteiger partial charge on any atom is -0.507 e. The molecule has 1 atom stereocenters. The van der Waals surface area contributed by atoms with E-state index in [9.17, 15) is 19.8 Å². The van der Waals surface area contributed by atoms with Gasteiger partial charge in [-0.25, -0.2) is 0 Å². The summed E-state index contributed by atoms with van der Waals surface area (Å²) in [5.74, 6) is -2.40. The number of benzene rings is 2. The van der Waals surface area contributed by atoms with Gasteiger partial charge < -0.3 is 10.2 Å². The summed E-state index contributed by atoms with van der Waals surface area (Å²) in [5, 5.41) is 21.8. The van der Waals surface area contributed by atoms with Crippen LogP contribution in [-0.4, -0.2) is 26.9 Å². The van der Waals surface area contributed by atoms with Gasteiger partial charge >= 0.3 is 0 Å². The van der Waals surface area contributed by atoms with Crippen LogP contribution in [0.2, 0.25) is 10.0 Å². The van der Waals surface area contributed by atoms with E-state index >= 15 is 0 Å². The van der Waals surface area contributed by atoms with Crippen LogP contribution in [0.25, 0.3) is 5.76 Å². The summed E-state index contributed by atoms with van der Waals surface area (Å²) >= 11 is 12.0. The Labute approximate surface area is 181 Å². The number of rotatable bonds is 3. The van der Waals surface area contributed by atoms with Crippen molar-refractivity contribution in [2.45, 2.75) is 6.04 Å². The summed E-state index contributed by atoms with van der Waals surface area (Å²) in [6.45, 7) is 0. The summed E-state index contributed by atoms with van der Waals surface area (Å²) in [5.41, 5.74) is 0.533. The lowest BCUT2D eigenvalue weighted by Gasteiger charge is -2.25. The molecule has 150 valence electrons. The number of aromatic nitrogens is 1. The number of aliphatic hydroxyl groups excluding tert-OH is 1. The lowest BCUT2D eigenvalue weighted by atomic mass is 9.98. The van der Waals surface area contributed by atoms with Gasteiger partial charge in [0.1, 0.15) is 17.6 Å². The predicted octanol–water partition coefficient (Wildman–Crippen LogP) is 4.72. The largest absolute Gasteiger partial charge is 0.507 e. The highest BCUT2D eigenvalue weighted by Crippen LogP contribution is 2.44. The van der Waals surface area contributed by atoms with Crippen LogP contribution in [0.1, 0.15) is 17.3 Å². The molecule has 3 aromatic rings. The first-order valence-electron chi connectivity index (χ1n) is 8.85. The number of pyridine rings is 1. The van der Waals surface area contributed by atoms with Crippen LogP contribution in [-0.2, 0) is 9.59 Å². The second-order valence-electron chi connectivity index (χ2n) is 6.54. The van der Waals surface area contributed by atoms with E-state index in [4.69, 9.17) is 23.2 Å². The molecule has 1 unspecified atom stereocenters. The van der Waals surface area contributed by atoms with E-state index in [2.05, 4.69) is 4.98 Å². The van der Waals surface area contributed by atoms with E-state index in [1.54, 1.807) is 30.3 Å². The summed E-state index contributed by atoms with van der Waals surface area (Å²) < 4.78 is 0. The highest BCUT2D eigenvalue weighted by atomic mass is 35.5. The molecule has 2 N–H and O–H groups in total. The molecule has 0 saturated carbocycles. The number of hydrogen-bond acceptors (Lipinski definition) is 5. The van der Waals surface area contributed by atoms with Gasteiger partial charge in [0, 0.05) is 11.8 Å². The Morgan fingerprint density at radius 1 is 0.967 bits per heavy atom. The van der Waals surface area contributed by atoms with E-state index < -0.39 is 23.5 Å². The number of carbonyl (C=O) groups is 2. The third-order valence-electron chi connectivity index (χ3n) is 4.75. The van der Waals surface area contributed by atoms with E-state index in [1.165, 1.54) is 36.5 Å². The molecule has 0 spiro atoms. The van der Waals surface area contributed by atoms with Gasteiger partial charge in [0.25, 0.3) is 11.7 Å². The number of para-hydroxylation sites is 2. The Kier molecular flexibility index (Phi) is 5.20. The SMILES string of the molecule is O=C1C(=O)N(c2ccccc2O)C(c2ccccn2)/C1=C(/O)c1ccc(Cl)c(Cl)c1. The number of carbonyl (C=O) groups excluding carboxylic acids is 2. The molecular formula is C22H14Cl2N2O4. The van der Waals surface area contributed by atoms with Crippen LogP contribution in [0.4, 0.5) is 5.69 Å². The summed E-state index contributed by atoms with van der Waals surface area (Å²) in [6, 6.07) is 14.5. The second-order valence-corrected chi connectivity index (χ2v) is 7.36. The quantitative estimate of drug-likeness (QED) is 0.349. The van der Waals surface area contributed by atoms with Crippen molar-refractivity contribution >= 4 is 46.3 Å². The van der Waals surface area contributed by atoms with Crippen LogP contribution >= 0.6 is 23.2 Å². The molecule has 1 fully saturated rings. The molecular weight excluding hydrogens is 427 g/mol. The number of aliphatic hydroxyl groups is 1. The Hall–Kier alpha value is -3.35. The number of Topliss-reactive ketones (excluding diaryl/α,β-unsaturated/α-hetero) is 1. The molecule has 1 aromatic heterocycles. The zero-order valence-corrected chi connectivity index (χ0v) is 16.8. The van der Waals surface area contributed by atoms with Gasteiger partial charge in [0.05, 0.1) is 27.0 Å². The van der Waals surface area contributed by atoms with Crippen molar-refractivity contribution in [2.24, 2.45) is 0 Å². The molecule has 2 heterocycles. The van der Waals surface area contributed by atoms with Gasteiger partial charge in [-0.2, -0.15) is 0 Å². The van der Waals surface area contributed by atoms with Crippen LogP contribution in [0.5, 0.6) is 5.75 Å². The van der Waals surface area contributed by atoms with Gasteiger partial charge in [-0.1, -0.05) is 41.4 Å². The number of aromatic hydroxyl groups is 1. The Balaban J connectivity index is 1.97. The molecule has 4 rings (SSSR count). The average molecular weight is 441 g/mol. The number of nitrogens with zero attached hydrogens (tertiary/aromatic N) is 2. The number of amides is 1. The smallest absolute Gasteiger partial charge is 0.300 e. The standard InChI is InChI=1S/C22H14Cl2N2O4/c23-13-9-8-12(11-14(13)24)20(28)18-19(15-5-3-4-10-25-15)26(22(30)21(18)29)16-6-1-2-7-17(16)27/h1-11,19,27-28H/b20-18-. The van der Waals surface area contributed by atoms with Crippen molar-refractivity contribution in [1.29, 1.82) is 0 Å². The fourth-order valence-electron chi connectivity index (χ4n) is 3.37. The molecule has 1 saturated heterocycles. The summed E-state index contributed by atoms with van der Waals surface area (Å²) in [7, 11) is 0. The van der Waals surface area contributed by atoms with Crippen molar-refractivity contribution in [3.63, 3.8) is 0 Å². The fraction of sp³-hybridized carbons (Fsp3) is 0.0455. The molecule has 8 heteroatoms. The summed E-state index contributed by atoms with van der Waals surface area (Å²) in [6.07, 6.45) is 1.51. The first kappa shape index (κ1) is 19.9. The van der Waals surface area contributed by atoms with E-state index in [1.807, 2.05) is 0 Å². The minimum absolute atomic E-state index is 0.128. The maximum absolute atomic E-state index is 13.0. The van der Waals surface area contributed by atoms with Gasteiger partial charge in [0.15, 0.2) is 0 Å². The number of hydrogen-bond donors (Lipinski definition) is 2. The maximum Gasteiger partial charge on any atom is 0.300 e. The van der Waals surface area contributed by atoms with Crippen molar-refractivity contribution in [2.75, 3.05) is 4.90 Å². The molecule has 2 aromatic carbocycles. The minimum atomic E-state index is -1.05. The number of halogens is 2. The normalized spacial score (nSPS) is 18.1. The first-order chi connectivity index (χ1) is 14.4. The summed E-state index contributed by atoms with van der Waals surface area (Å²) in [4.78, 5) is 31.3. The zero-order valence-electron chi connectivity index (χ0n) is 15.3. The number of anilines is 1. The maximum atomic E-state index is 13.0. The molecule has 6 nitrogen and oxygen atoms in total. The second kappa shape index (κ2) is 7.82. The number of phenols is 1. The van der Waals surface area contributed by atoms with Gasteiger partial charge in [-0.05, 0) is 42.5 Å². The molecule has 1 amide bonds. The zero-order chi connectivity index (χ0) is 21.4. The average Bonchev–Trinajstić information content (AvgIpc) is 3.01. The number of phenolic OH excluding ortho intramolecular Hbond substituents is 1. The lowest BCUT2D eigenvalue weighted by Crippen LogP contribution is -2.29. The molecule has 0 radical (unpaired) electrons. The topological polar surface area (TPSA) is 90.7 Å². The van der Waals surface area contributed by atoms with Gasteiger partial charge in [-0.15, -0.1) is 0 Å². The molecule has 0 bridgehead atoms. The molecule has 30 heavy (non-hydrogen) atoms. The fourth-order valence-corrected chi connectivity index (χ4v) is 3.66. The third kappa shape index (κ3) is 3.30. The lowest BCUT2D eigenvalue weighted by molar-refractivity contribution is -0.132. The van der Waals surface area contributed by atoms with E-state index in [-0.39, 0.29) is 32.6 Å². The van der Waals surface area contributed by atoms with Gasteiger partial charge in [-0.3, -0.25) is 19.5 Å². The Morgan fingerprint density at radius 2 is 1.70 bits per heavy atom. The predicted molar refractivity (Wildman–Crippen MR) is 114 cm³/mol. The van der Waals surface area contributed by atoms with Crippen LogP contribution in [0.15, 0.2) is 72.4 Å². The van der Waals surface area contributed by atoms with Crippen molar-refractivity contribution in [3.05, 3.63) is 93.7 Å². The first-order valence-corrected chi connectivity index (χ1v) is 9.61. The van der Waals surface area contributed by atoms with E-state index in [0.717, 1.165) is 4.90 Å². The van der Waals surface area contributed by atoms with Crippen LogP contribution in [0.3, 0.4) is 0 Å².